The van der Waals surface area contributed by atoms with Gasteiger partial charge in [0.05, 0.1) is 5.69 Å². The molecule has 0 unspecified atom stereocenters. The Morgan fingerprint density at radius 3 is 2.44 bits per heavy atom. The molecule has 0 spiro atoms. The zero-order valence-electron chi connectivity index (χ0n) is 13.9. The van der Waals surface area contributed by atoms with E-state index in [9.17, 15) is 14.7 Å². The average Bonchev–Trinajstić information content (AvgIpc) is 3.08. The molecule has 128 valence electrons. The van der Waals surface area contributed by atoms with Crippen LogP contribution in [0.1, 0.15) is 5.56 Å². The van der Waals surface area contributed by atoms with Crippen molar-refractivity contribution in [3.63, 3.8) is 0 Å². The summed E-state index contributed by atoms with van der Waals surface area (Å²) in [5.41, 5.74) is 1.10. The van der Waals surface area contributed by atoms with Crippen LogP contribution in [0.15, 0.2) is 50.1 Å². The smallest absolute Gasteiger partial charge is 0.333 e. The van der Waals surface area contributed by atoms with Gasteiger partial charge in [0.2, 0.25) is 11.6 Å². The van der Waals surface area contributed by atoms with Crippen LogP contribution in [0.2, 0.25) is 0 Å². The maximum atomic E-state index is 12.1. The van der Waals surface area contributed by atoms with Gasteiger partial charge in [0.1, 0.15) is 0 Å². The first-order valence-corrected chi connectivity index (χ1v) is 7.41. The summed E-state index contributed by atoms with van der Waals surface area (Å²) >= 11 is 0. The largest absolute Gasteiger partial charge is 0.493 e. The van der Waals surface area contributed by atoms with Crippen LogP contribution in [-0.2, 0) is 14.1 Å². The van der Waals surface area contributed by atoms with Gasteiger partial charge in [-0.1, -0.05) is 29.8 Å². The van der Waals surface area contributed by atoms with Crippen molar-refractivity contribution >= 4 is 11.5 Å². The number of hydrogen-bond donors (Lipinski definition) is 2. The van der Waals surface area contributed by atoms with E-state index < -0.39 is 17.1 Å². The van der Waals surface area contributed by atoms with Gasteiger partial charge < -0.3 is 5.11 Å². The molecule has 3 aromatic rings. The molecule has 0 aliphatic heterocycles. The quantitative estimate of drug-likeness (QED) is 0.708. The molecule has 0 bridgehead atoms. The fourth-order valence-corrected chi connectivity index (χ4v) is 2.25. The van der Waals surface area contributed by atoms with E-state index in [4.69, 9.17) is 0 Å². The van der Waals surface area contributed by atoms with Crippen LogP contribution in [0.25, 0.3) is 11.3 Å². The minimum absolute atomic E-state index is 0.242. The Bertz CT molecular complexity index is 1070. The monoisotopic (exact) mass is 340 g/mol. The Morgan fingerprint density at radius 1 is 1.08 bits per heavy atom. The average molecular weight is 340 g/mol. The fourth-order valence-electron chi connectivity index (χ4n) is 2.25. The fraction of sp³-hybridized carbons (Fsp3) is 0.188. The molecule has 9 nitrogen and oxygen atoms in total. The Hall–Kier alpha value is -3.49. The van der Waals surface area contributed by atoms with E-state index in [-0.39, 0.29) is 11.5 Å². The number of aromatic amines is 1. The molecule has 2 heterocycles. The predicted molar refractivity (Wildman–Crippen MR) is 91.5 cm³/mol. The summed E-state index contributed by atoms with van der Waals surface area (Å²) in [5, 5.41) is 24.4. The number of hydrogen-bond acceptors (Lipinski definition) is 6. The molecule has 0 radical (unpaired) electrons. The van der Waals surface area contributed by atoms with Crippen molar-refractivity contribution in [2.75, 3.05) is 0 Å². The summed E-state index contributed by atoms with van der Waals surface area (Å²) in [6, 6.07) is 9.50. The van der Waals surface area contributed by atoms with Gasteiger partial charge in [-0.05, 0) is 12.5 Å². The molecular formula is C16H16N6O3. The lowest BCUT2D eigenvalue weighted by Gasteiger charge is -2.05. The predicted octanol–water partition coefficient (Wildman–Crippen LogP) is 1.90. The summed E-state index contributed by atoms with van der Waals surface area (Å²) in [4.78, 5) is 23.7. The van der Waals surface area contributed by atoms with E-state index in [0.29, 0.717) is 0 Å². The van der Waals surface area contributed by atoms with Gasteiger partial charge in [-0.25, -0.2) is 4.79 Å². The van der Waals surface area contributed by atoms with Crippen molar-refractivity contribution in [2.24, 2.45) is 24.3 Å². The number of benzene rings is 1. The number of aryl methyl sites for hydroxylation is 1. The van der Waals surface area contributed by atoms with E-state index in [2.05, 4.69) is 20.4 Å². The minimum atomic E-state index is -0.737. The summed E-state index contributed by atoms with van der Waals surface area (Å²) in [7, 11) is 2.63. The molecule has 0 aliphatic rings. The molecule has 0 atom stereocenters. The summed E-state index contributed by atoms with van der Waals surface area (Å²) in [6.45, 7) is 2.00. The number of aromatic nitrogens is 4. The standard InChI is InChI=1S/C16H16N6O3/c1-9-4-6-10(7-5-9)11-8-12(18-17-11)19-20-13-14(23)21(2)16(25)22(3)15(13)24/h4-8,23H,1-3H3,(H,17,18). The summed E-state index contributed by atoms with van der Waals surface area (Å²) in [6.07, 6.45) is 0. The highest BCUT2D eigenvalue weighted by Crippen LogP contribution is 2.24. The third kappa shape index (κ3) is 2.99. The topological polar surface area (TPSA) is 118 Å². The van der Waals surface area contributed by atoms with E-state index in [1.165, 1.54) is 14.1 Å². The van der Waals surface area contributed by atoms with Gasteiger partial charge in [0.25, 0.3) is 5.56 Å². The maximum Gasteiger partial charge on any atom is 0.333 e. The molecule has 0 amide bonds. The van der Waals surface area contributed by atoms with Crippen molar-refractivity contribution in [3.8, 4) is 17.1 Å². The zero-order chi connectivity index (χ0) is 18.1. The highest BCUT2D eigenvalue weighted by atomic mass is 16.3. The Labute approximate surface area is 141 Å². The number of rotatable bonds is 3. The zero-order valence-corrected chi connectivity index (χ0v) is 13.9. The van der Waals surface area contributed by atoms with Crippen LogP contribution in [0.5, 0.6) is 5.88 Å². The lowest BCUT2D eigenvalue weighted by atomic mass is 10.1. The number of nitrogens with zero attached hydrogens (tertiary/aromatic N) is 5. The van der Waals surface area contributed by atoms with Crippen LogP contribution in [-0.4, -0.2) is 24.4 Å². The number of azo groups is 1. The second kappa shape index (κ2) is 6.19. The van der Waals surface area contributed by atoms with Gasteiger partial charge in [0, 0.05) is 20.2 Å². The summed E-state index contributed by atoms with van der Waals surface area (Å²) < 4.78 is 1.76. The van der Waals surface area contributed by atoms with Gasteiger partial charge in [-0.2, -0.15) is 5.10 Å². The molecule has 25 heavy (non-hydrogen) atoms. The normalized spacial score (nSPS) is 11.3. The molecule has 2 N–H and O–H groups in total. The van der Waals surface area contributed by atoms with Gasteiger partial charge in [-0.3, -0.25) is 19.0 Å². The highest BCUT2D eigenvalue weighted by molar-refractivity contribution is 5.62. The minimum Gasteiger partial charge on any atom is -0.493 e. The van der Waals surface area contributed by atoms with Crippen molar-refractivity contribution in [1.82, 2.24) is 19.3 Å². The van der Waals surface area contributed by atoms with E-state index in [0.717, 1.165) is 26.0 Å². The molecule has 3 rings (SSSR count). The van der Waals surface area contributed by atoms with E-state index in [1.54, 1.807) is 6.07 Å². The van der Waals surface area contributed by atoms with Gasteiger partial charge >= 0.3 is 5.69 Å². The van der Waals surface area contributed by atoms with Crippen LogP contribution < -0.4 is 11.2 Å². The van der Waals surface area contributed by atoms with Crippen molar-refractivity contribution < 1.29 is 5.11 Å². The Morgan fingerprint density at radius 2 is 1.76 bits per heavy atom. The molecule has 2 aromatic heterocycles. The first-order valence-electron chi connectivity index (χ1n) is 7.41. The van der Waals surface area contributed by atoms with Gasteiger partial charge in [0.15, 0.2) is 5.82 Å². The van der Waals surface area contributed by atoms with Crippen molar-refractivity contribution in [2.45, 2.75) is 6.92 Å². The lowest BCUT2D eigenvalue weighted by Crippen LogP contribution is -2.36. The van der Waals surface area contributed by atoms with E-state index in [1.807, 2.05) is 31.2 Å². The van der Waals surface area contributed by atoms with Gasteiger partial charge in [-0.15, -0.1) is 10.2 Å². The third-order valence-corrected chi connectivity index (χ3v) is 3.79. The first kappa shape index (κ1) is 16.4. The number of nitrogens with one attached hydrogen (secondary N) is 1. The molecule has 0 fully saturated rings. The third-order valence-electron chi connectivity index (χ3n) is 3.79. The summed E-state index contributed by atoms with van der Waals surface area (Å²) in [5.74, 6) is -0.308. The number of aromatic hydroxyl groups is 1. The Kier molecular flexibility index (Phi) is 4.05. The number of H-pyrrole nitrogens is 1. The van der Waals surface area contributed by atoms with Crippen LogP contribution in [0.3, 0.4) is 0 Å². The highest BCUT2D eigenvalue weighted by Gasteiger charge is 2.14. The van der Waals surface area contributed by atoms with Crippen LogP contribution in [0.4, 0.5) is 11.5 Å². The SMILES string of the molecule is Cc1ccc(-c2cc(N=Nc3c(O)n(C)c(=O)n(C)c3=O)n[nH]2)cc1. The van der Waals surface area contributed by atoms with Crippen molar-refractivity contribution in [1.29, 1.82) is 0 Å². The molecule has 0 saturated carbocycles. The van der Waals surface area contributed by atoms with Crippen LogP contribution >= 0.6 is 0 Å². The van der Waals surface area contributed by atoms with E-state index >= 15 is 0 Å². The molecule has 1 aromatic carbocycles. The lowest BCUT2D eigenvalue weighted by molar-refractivity contribution is 0.413. The van der Waals surface area contributed by atoms with Crippen LogP contribution in [0, 0.1) is 6.92 Å². The Balaban J connectivity index is 1.95. The molecule has 9 heteroatoms. The molecule has 0 aliphatic carbocycles. The molecule has 0 saturated heterocycles. The second-order valence-corrected chi connectivity index (χ2v) is 5.58. The maximum absolute atomic E-state index is 12.1. The first-order chi connectivity index (χ1) is 11.9. The molecular weight excluding hydrogens is 324 g/mol. The second-order valence-electron chi connectivity index (χ2n) is 5.58. The van der Waals surface area contributed by atoms with Crippen molar-refractivity contribution in [3.05, 3.63) is 56.7 Å².